The topological polar surface area (TPSA) is 32.3 Å². The Balaban J connectivity index is 2.09. The lowest BCUT2D eigenvalue weighted by atomic mass is 10.0. The van der Waals surface area contributed by atoms with E-state index in [1.807, 2.05) is 13.8 Å². The molecular weight excluding hydrogens is 162 g/mol. The minimum absolute atomic E-state index is 0.529. The molecule has 0 saturated heterocycles. The van der Waals surface area contributed by atoms with Crippen molar-refractivity contribution >= 4 is 0 Å². The number of aliphatic hydroxyl groups is 1. The predicted molar refractivity (Wildman–Crippen MR) is 55.7 cm³/mol. The zero-order valence-corrected chi connectivity index (χ0v) is 9.35. The Hall–Kier alpha value is -0.0800. The molecule has 0 radical (unpaired) electrons. The molecule has 2 heteroatoms. The quantitative estimate of drug-likeness (QED) is 0.684. The molecule has 1 fully saturated rings. The standard InChI is InChI=1S/C11H23NO/c1-5-11(4,13)8-12-7-9-6-10(9,2)3/h9,12-13H,5-8H2,1-4H3. The van der Waals surface area contributed by atoms with E-state index in [0.29, 0.717) is 5.41 Å². The van der Waals surface area contributed by atoms with Gasteiger partial charge in [0.1, 0.15) is 0 Å². The van der Waals surface area contributed by atoms with Crippen molar-refractivity contribution in [1.82, 2.24) is 5.32 Å². The third-order valence-electron chi connectivity index (χ3n) is 3.38. The molecule has 0 heterocycles. The average molecular weight is 185 g/mol. The molecule has 0 aromatic heterocycles. The van der Waals surface area contributed by atoms with E-state index in [-0.39, 0.29) is 0 Å². The monoisotopic (exact) mass is 185 g/mol. The van der Waals surface area contributed by atoms with Crippen molar-refractivity contribution in [2.45, 2.75) is 46.1 Å². The summed E-state index contributed by atoms with van der Waals surface area (Å²) in [7, 11) is 0. The van der Waals surface area contributed by atoms with E-state index < -0.39 is 5.60 Å². The van der Waals surface area contributed by atoms with Crippen LogP contribution in [0.2, 0.25) is 0 Å². The van der Waals surface area contributed by atoms with Crippen LogP contribution in [-0.4, -0.2) is 23.8 Å². The first-order valence-corrected chi connectivity index (χ1v) is 5.30. The maximum absolute atomic E-state index is 9.72. The normalized spacial score (nSPS) is 29.8. The smallest absolute Gasteiger partial charge is 0.0740 e. The van der Waals surface area contributed by atoms with Gasteiger partial charge < -0.3 is 10.4 Å². The lowest BCUT2D eigenvalue weighted by molar-refractivity contribution is 0.0555. The highest BCUT2D eigenvalue weighted by Crippen LogP contribution is 2.50. The first kappa shape index (κ1) is 11.0. The van der Waals surface area contributed by atoms with E-state index in [4.69, 9.17) is 0 Å². The van der Waals surface area contributed by atoms with Crippen molar-refractivity contribution in [1.29, 1.82) is 0 Å². The second-order valence-electron chi connectivity index (χ2n) is 5.37. The number of hydrogen-bond acceptors (Lipinski definition) is 2. The lowest BCUT2D eigenvalue weighted by Crippen LogP contribution is -2.38. The van der Waals surface area contributed by atoms with Gasteiger partial charge in [-0.3, -0.25) is 0 Å². The summed E-state index contributed by atoms with van der Waals surface area (Å²) in [5.74, 6) is 0.820. The second-order valence-corrected chi connectivity index (χ2v) is 5.37. The Bertz CT molecular complexity index is 175. The largest absolute Gasteiger partial charge is 0.389 e. The van der Waals surface area contributed by atoms with Crippen molar-refractivity contribution in [3.8, 4) is 0 Å². The fourth-order valence-corrected chi connectivity index (χ4v) is 1.57. The third-order valence-corrected chi connectivity index (χ3v) is 3.38. The highest BCUT2D eigenvalue weighted by Gasteiger charge is 2.44. The highest BCUT2D eigenvalue weighted by molar-refractivity contribution is 4.96. The second kappa shape index (κ2) is 3.58. The molecule has 78 valence electrons. The Labute approximate surface area is 81.7 Å². The molecule has 2 nitrogen and oxygen atoms in total. The van der Waals surface area contributed by atoms with Gasteiger partial charge in [0.2, 0.25) is 0 Å². The molecule has 0 aromatic carbocycles. The molecule has 0 amide bonds. The van der Waals surface area contributed by atoms with Crippen molar-refractivity contribution in [3.63, 3.8) is 0 Å². The third kappa shape index (κ3) is 3.28. The molecule has 2 N–H and O–H groups in total. The molecule has 2 atom stereocenters. The maximum atomic E-state index is 9.72. The van der Waals surface area contributed by atoms with E-state index in [9.17, 15) is 5.11 Å². The Morgan fingerprint density at radius 2 is 2.08 bits per heavy atom. The SMILES string of the molecule is CCC(C)(O)CNCC1CC1(C)C. The van der Waals surface area contributed by atoms with Crippen LogP contribution in [0.4, 0.5) is 0 Å². The van der Waals surface area contributed by atoms with Crippen molar-refractivity contribution in [2.24, 2.45) is 11.3 Å². The van der Waals surface area contributed by atoms with E-state index in [1.54, 1.807) is 0 Å². The van der Waals surface area contributed by atoms with Crippen LogP contribution in [0.3, 0.4) is 0 Å². The Morgan fingerprint density at radius 3 is 2.46 bits per heavy atom. The lowest BCUT2D eigenvalue weighted by Gasteiger charge is -2.21. The summed E-state index contributed by atoms with van der Waals surface area (Å²) in [6.07, 6.45) is 2.14. The fraction of sp³-hybridized carbons (Fsp3) is 1.00. The summed E-state index contributed by atoms with van der Waals surface area (Å²) >= 11 is 0. The van der Waals surface area contributed by atoms with Crippen LogP contribution in [0.1, 0.15) is 40.5 Å². The number of rotatable bonds is 5. The molecule has 2 unspecified atom stereocenters. The zero-order chi connectivity index (χ0) is 10.1. The minimum Gasteiger partial charge on any atom is -0.389 e. The average Bonchev–Trinajstić information content (AvgIpc) is 2.59. The molecule has 0 aliphatic heterocycles. The molecular formula is C11H23NO. The van der Waals surface area contributed by atoms with Gasteiger partial charge in [0.05, 0.1) is 5.60 Å². The summed E-state index contributed by atoms with van der Waals surface area (Å²) in [4.78, 5) is 0. The Morgan fingerprint density at radius 1 is 1.54 bits per heavy atom. The van der Waals surface area contributed by atoms with Crippen LogP contribution < -0.4 is 5.32 Å². The first-order valence-electron chi connectivity index (χ1n) is 5.30. The van der Waals surface area contributed by atoms with E-state index in [1.165, 1.54) is 6.42 Å². The van der Waals surface area contributed by atoms with Gasteiger partial charge in [-0.2, -0.15) is 0 Å². The summed E-state index contributed by atoms with van der Waals surface area (Å²) in [5, 5.41) is 13.1. The first-order chi connectivity index (χ1) is 5.87. The van der Waals surface area contributed by atoms with Crippen molar-refractivity contribution in [2.75, 3.05) is 13.1 Å². The van der Waals surface area contributed by atoms with Gasteiger partial charge in [-0.1, -0.05) is 20.8 Å². The molecule has 1 rings (SSSR count). The van der Waals surface area contributed by atoms with Crippen molar-refractivity contribution < 1.29 is 5.11 Å². The van der Waals surface area contributed by atoms with E-state index in [2.05, 4.69) is 19.2 Å². The van der Waals surface area contributed by atoms with Crippen LogP contribution in [0.15, 0.2) is 0 Å². The van der Waals surface area contributed by atoms with Gasteiger partial charge in [-0.15, -0.1) is 0 Å². The van der Waals surface area contributed by atoms with Crippen LogP contribution >= 0.6 is 0 Å². The van der Waals surface area contributed by atoms with Gasteiger partial charge in [0.15, 0.2) is 0 Å². The number of nitrogens with one attached hydrogen (secondary N) is 1. The Kier molecular flexibility index (Phi) is 3.03. The van der Waals surface area contributed by atoms with Gasteiger partial charge in [0.25, 0.3) is 0 Å². The molecule has 0 aromatic rings. The van der Waals surface area contributed by atoms with E-state index >= 15 is 0 Å². The summed E-state index contributed by atoms with van der Waals surface area (Å²) in [6.45, 7) is 10.3. The van der Waals surface area contributed by atoms with E-state index in [0.717, 1.165) is 25.4 Å². The van der Waals surface area contributed by atoms with Crippen LogP contribution in [-0.2, 0) is 0 Å². The molecule has 1 aliphatic carbocycles. The molecule has 0 bridgehead atoms. The number of hydrogen-bond donors (Lipinski definition) is 2. The predicted octanol–water partition coefficient (Wildman–Crippen LogP) is 1.78. The maximum Gasteiger partial charge on any atom is 0.0740 e. The van der Waals surface area contributed by atoms with Gasteiger partial charge in [-0.25, -0.2) is 0 Å². The van der Waals surface area contributed by atoms with Crippen LogP contribution in [0.25, 0.3) is 0 Å². The van der Waals surface area contributed by atoms with Crippen molar-refractivity contribution in [3.05, 3.63) is 0 Å². The van der Waals surface area contributed by atoms with Gasteiger partial charge in [-0.05, 0) is 37.6 Å². The molecule has 13 heavy (non-hydrogen) atoms. The zero-order valence-electron chi connectivity index (χ0n) is 9.35. The fourth-order valence-electron chi connectivity index (χ4n) is 1.57. The minimum atomic E-state index is -0.529. The molecule has 1 aliphatic rings. The summed E-state index contributed by atoms with van der Waals surface area (Å²) in [6, 6.07) is 0. The molecule has 1 saturated carbocycles. The van der Waals surface area contributed by atoms with Gasteiger partial charge in [0, 0.05) is 6.54 Å². The van der Waals surface area contributed by atoms with Crippen LogP contribution in [0, 0.1) is 11.3 Å². The molecule has 0 spiro atoms. The van der Waals surface area contributed by atoms with Gasteiger partial charge >= 0.3 is 0 Å². The van der Waals surface area contributed by atoms with Crippen LogP contribution in [0.5, 0.6) is 0 Å². The highest BCUT2D eigenvalue weighted by atomic mass is 16.3. The summed E-state index contributed by atoms with van der Waals surface area (Å²) < 4.78 is 0. The summed E-state index contributed by atoms with van der Waals surface area (Å²) in [5.41, 5.74) is 0.0180.